The molecule has 2 heterocycles. The number of hydrogen-bond acceptors (Lipinski definition) is 24. The number of carbonyl (C=O) groups excluding carboxylic acids is 6. The van der Waals surface area contributed by atoms with Crippen molar-refractivity contribution in [3.63, 3.8) is 0 Å². The normalized spacial score (nSPS) is 9.94. The van der Waals surface area contributed by atoms with Gasteiger partial charge in [-0.15, -0.1) is 59.7 Å². The number of rotatable bonds is 24. The Bertz CT molecular complexity index is 6850. The maximum absolute atomic E-state index is 14.2. The summed E-state index contributed by atoms with van der Waals surface area (Å²) in [5.41, 5.74) is 16.9. The fourth-order valence-electron chi connectivity index (χ4n) is 12.5. The first-order valence-electron chi connectivity index (χ1n) is 43.1. The number of ether oxygens (including phenoxy) is 6. The predicted molar refractivity (Wildman–Crippen MR) is 573 cm³/mol. The van der Waals surface area contributed by atoms with Crippen molar-refractivity contribution in [3.8, 4) is 40.2 Å². The van der Waals surface area contributed by atoms with Gasteiger partial charge in [0, 0.05) is 124 Å². The van der Waals surface area contributed by atoms with Gasteiger partial charge in [-0.1, -0.05) is 103 Å². The Labute approximate surface area is 888 Å². The van der Waals surface area contributed by atoms with Crippen molar-refractivity contribution in [2.24, 2.45) is 21.9 Å². The van der Waals surface area contributed by atoms with E-state index in [1.165, 1.54) is 132 Å². The van der Waals surface area contributed by atoms with Crippen LogP contribution in [0.25, 0.3) is 21.8 Å². The average molecular weight is 2300 g/mol. The number of hydrazine groups is 2. The molecule has 0 unspecified atom stereocenters. The number of nitrogens with zero attached hydrogens (tertiary/aromatic N) is 6. The number of aromatic hydroxyl groups is 1. The fourth-order valence-corrected chi connectivity index (χ4v) is 12.6. The Morgan fingerprint density at radius 1 is 0.430 bits per heavy atom. The van der Waals surface area contributed by atoms with E-state index in [1.807, 2.05) is 12.1 Å². The number of anilines is 5. The molecular weight excluding hydrogens is 2190 g/mol. The summed E-state index contributed by atoms with van der Waals surface area (Å²) in [6, 6.07) is 69.4. The van der Waals surface area contributed by atoms with E-state index in [4.69, 9.17) is 72.8 Å². The molecule has 788 valence electrons. The minimum Gasteiger partial charge on any atom is -0.505 e. The maximum atomic E-state index is 14.2. The van der Waals surface area contributed by atoms with Gasteiger partial charge in [-0.3, -0.25) is 63.6 Å². The van der Waals surface area contributed by atoms with E-state index in [-0.39, 0.29) is 110 Å². The highest BCUT2D eigenvalue weighted by Crippen LogP contribution is 2.36. The number of nitrogens with one attached hydrogen (secondary N) is 2. The largest absolute Gasteiger partial charge is 0.505 e. The number of carboxylic acid groups (broad SMARTS) is 4. The molecule has 0 spiro atoms. The number of methoxy groups -OCH3 is 6. The van der Waals surface area contributed by atoms with E-state index < -0.39 is 81.5 Å². The summed E-state index contributed by atoms with van der Waals surface area (Å²) in [6.07, 6.45) is 2.56. The zero-order chi connectivity index (χ0) is 111. The van der Waals surface area contributed by atoms with Crippen LogP contribution in [0.2, 0.25) is 0 Å². The van der Waals surface area contributed by atoms with Gasteiger partial charge in [-0.2, -0.15) is 15.2 Å². The van der Waals surface area contributed by atoms with E-state index in [2.05, 4.69) is 73.1 Å². The molecule has 0 radical (unpaired) electrons. The second-order valence-electron chi connectivity index (χ2n) is 29.4. The Balaban J connectivity index is 0.000000436. The van der Waals surface area contributed by atoms with Crippen LogP contribution in [0.1, 0.15) is 115 Å². The van der Waals surface area contributed by atoms with Gasteiger partial charge in [0.25, 0.3) is 34.8 Å². The van der Waals surface area contributed by atoms with Crippen molar-refractivity contribution in [2.75, 3.05) is 69.3 Å². The van der Waals surface area contributed by atoms with Crippen LogP contribution in [0.3, 0.4) is 0 Å². The average Bonchev–Trinajstić information content (AvgIpc) is 1.59. The Morgan fingerprint density at radius 2 is 0.765 bits per heavy atom. The molecule has 12 aromatic carbocycles. The lowest BCUT2D eigenvalue weighted by atomic mass is 10.1. The van der Waals surface area contributed by atoms with Gasteiger partial charge in [0.05, 0.1) is 95.7 Å². The molecule has 32 nitrogen and oxygen atoms in total. The molecule has 0 aliphatic heterocycles. The smallest absolute Gasteiger partial charge is 0.369 e. The number of ketones is 1. The maximum Gasteiger partial charge on any atom is 0.369 e. The van der Waals surface area contributed by atoms with Gasteiger partial charge in [0.15, 0.2) is 81.0 Å². The lowest BCUT2D eigenvalue weighted by molar-refractivity contribution is -0.138. The number of carboxylic acids is 4. The minimum atomic E-state index is -1.08. The van der Waals surface area contributed by atoms with Crippen molar-refractivity contribution in [3.05, 3.63) is 358 Å². The summed E-state index contributed by atoms with van der Waals surface area (Å²) in [6.45, 7) is 9.18. The predicted octanol–water partition coefficient (Wildman–Crippen LogP) is 22.3. The molecule has 149 heavy (non-hydrogen) atoms. The number of fused-ring (bicyclic) bond motifs is 2. The number of benzene rings is 12. The summed E-state index contributed by atoms with van der Waals surface area (Å²) in [7, 11) is 8.33. The number of halogens is 12. The van der Waals surface area contributed by atoms with Gasteiger partial charge < -0.3 is 69.9 Å². The highest BCUT2D eigenvalue weighted by Gasteiger charge is 2.27. The molecule has 0 saturated carbocycles. The third kappa shape index (κ3) is 41.9. The SMILES string of the molecule is BrB(Br)Br.C/C=N/N(C(=O)c1ccccc1)c1ccc(OC)c(F)c1.C/C=N/Nc1ccc(OC)c(F)c1.CC(=O)CCC(=O)O.CC(=O)O.COc1cc2c(CC(=O)O)c(C)n(C(=O)c3ccccc3)c2cc1F.COc1ccc(N(N)C(=O)c2ccccc2)cc1F.COc1ccc(N)cc1F.COc1ccc(NN)cc1F.Cc1c(CC(=O)O)c2cc(O)c(F)cc2n1C(=O)c1ccccc1.Cl.O=C(Cl)c1ccccc1. The molecule has 0 saturated heterocycles. The first kappa shape index (κ1) is 127. The van der Waals surface area contributed by atoms with Crippen molar-refractivity contribution in [1.29, 1.82) is 0 Å². The van der Waals surface area contributed by atoms with Crippen LogP contribution in [0.15, 0.2) is 277 Å². The monoisotopic (exact) mass is 2290 g/mol. The van der Waals surface area contributed by atoms with Crippen molar-refractivity contribution >= 4 is 196 Å². The van der Waals surface area contributed by atoms with Gasteiger partial charge in [-0.05, 0) is 179 Å². The lowest BCUT2D eigenvalue weighted by Gasteiger charge is -2.17. The summed E-state index contributed by atoms with van der Waals surface area (Å²) in [5, 5.41) is 53.6. The molecule has 14 aromatic rings. The van der Waals surface area contributed by atoms with E-state index in [0.717, 1.165) is 35.1 Å². The van der Waals surface area contributed by atoms with Crippen LogP contribution in [-0.4, -0.2) is 151 Å². The fraction of sp³-hybridized carbons (Fsp3) is 0.154. The molecule has 2 amide bonds. The molecule has 14 rings (SSSR count). The molecule has 0 bridgehead atoms. The number of Topliss-reactive ketones (excluding diaryl/α,β-unsaturated/α-hetero) is 1. The molecule has 2 aromatic heterocycles. The number of carbonyl (C=O) groups is 10. The molecular formula is C104H104BBr3Cl2F7N11O21. The summed E-state index contributed by atoms with van der Waals surface area (Å²) < 4.78 is 126. The zero-order valence-electron chi connectivity index (χ0n) is 81.7. The van der Waals surface area contributed by atoms with E-state index >= 15 is 0 Å². The van der Waals surface area contributed by atoms with Crippen molar-refractivity contribution in [2.45, 2.75) is 67.2 Å². The van der Waals surface area contributed by atoms with E-state index in [9.17, 15) is 84.1 Å². The number of phenolic OH excluding ortho intramolecular Hbond substituents is 1. The van der Waals surface area contributed by atoms with E-state index in [0.29, 0.717) is 89.4 Å². The molecule has 0 aliphatic carbocycles. The van der Waals surface area contributed by atoms with Gasteiger partial charge in [0.1, 0.15) is 5.78 Å². The van der Waals surface area contributed by atoms with Crippen LogP contribution in [-0.2, 0) is 36.8 Å². The summed E-state index contributed by atoms with van der Waals surface area (Å²) in [4.78, 5) is 112. The summed E-state index contributed by atoms with van der Waals surface area (Å²) in [5.74, 6) is 1.77. The summed E-state index contributed by atoms with van der Waals surface area (Å²) >= 11 is 14.5. The van der Waals surface area contributed by atoms with Crippen LogP contribution >= 0.6 is 71.3 Å². The van der Waals surface area contributed by atoms with Crippen LogP contribution in [0.4, 0.5) is 59.2 Å². The Hall–Kier alpha value is -15.9. The van der Waals surface area contributed by atoms with E-state index in [1.54, 1.807) is 204 Å². The Kier molecular flexibility index (Phi) is 56.6. The van der Waals surface area contributed by atoms with Gasteiger partial charge in [-0.25, -0.2) is 41.6 Å². The van der Waals surface area contributed by atoms with Crippen molar-refractivity contribution < 1.29 is 133 Å². The second kappa shape index (κ2) is 66.2. The number of hydrogen-bond donors (Lipinski definition) is 10. The number of phenols is 1. The standard InChI is InChI=1S/C19H16FNO4.C18H14FNO4.C16H15FN2O2.C14H13FN2O2.C9H11FN2O.C7H5ClO.C7H9FN2O.C7H8FNO.C5H8O3.C2H4O2.BBr3.ClH/c1-11-13(9-18(22)23)14-8-17(25-2)15(20)10-16(14)21(11)19(24)12-6-4-3-5-7-12;1-10-12(8-17(22)23)13-7-16(21)14(19)9-15(13)20(10)18(24)11-5-3-2-4-6-11;1-3-18-19(16(20)12-7-5-4-6-8-12)13-9-10-15(21-2)14(17)11-13;1-19-13-8-7-11(9-12(13)15)17(16)14(18)10-5-3-2-4-6-10;1-3-11-12-7-4-5-9(13-2)8(10)6-7;8-7(9)6-4-2-1-3-5-6;1-11-7-3-2-5(10-9)4-6(7)8;1-10-7-3-2-5(9)4-6(7)8;1-4(6)2-3-5(7)8;1-2(3)4;2-1(3)4;/h3-8,10H,9H2,1-2H3,(H,22,23);2-7,9,21H,8H2,1H3,(H,22,23);3-11H,1-2H3;2-9H,16H2,1H3;3-6,12H,1-2H3;1-5H;2-4,10H,9H2,1H3;2-4H,9H2,1H3;2-3H2,1H3,(H,7,8);1H3,(H,3,4);;1H/b;;18-3+;;11-3+;;;;;;;. The zero-order valence-corrected chi connectivity index (χ0v) is 88.0. The highest BCUT2D eigenvalue weighted by atomic mass is 79.9. The second-order valence-corrected chi connectivity index (χ2v) is 36.2. The third-order valence-electron chi connectivity index (χ3n) is 19.3. The molecule has 0 aliphatic rings. The van der Waals surface area contributed by atoms with Gasteiger partial charge >= 0.3 is 21.1 Å². The van der Waals surface area contributed by atoms with Crippen molar-refractivity contribution in [1.82, 2.24) is 9.13 Å². The third-order valence-corrected chi connectivity index (χ3v) is 19.5. The number of amides is 2. The van der Waals surface area contributed by atoms with Crippen LogP contribution < -0.4 is 66.7 Å². The first-order chi connectivity index (χ1) is 70.3. The molecule has 0 atom stereocenters. The number of aliphatic carboxylic acids is 4. The molecule has 45 heteroatoms. The number of aromatic nitrogens is 2. The highest BCUT2D eigenvalue weighted by molar-refractivity contribution is 9.69. The quantitative estimate of drug-likeness (QED) is 0.00392. The Morgan fingerprint density at radius 3 is 1.11 bits per heavy atom. The van der Waals surface area contributed by atoms with Crippen LogP contribution in [0.5, 0.6) is 40.2 Å². The van der Waals surface area contributed by atoms with Crippen LogP contribution in [0, 0.1) is 54.6 Å². The minimum absolute atomic E-state index is 0. The number of nitrogens with two attached hydrogens (primary N) is 3. The number of nitrogen functional groups attached to an aromatic ring is 2. The lowest BCUT2D eigenvalue weighted by Crippen LogP contribution is -2.37. The first-order valence-corrected chi connectivity index (χ1v) is 46.2. The topological polar surface area (TPSA) is 470 Å². The molecule has 13 N–H and O–H groups in total. The van der Waals surface area contributed by atoms with Gasteiger partial charge in [0.2, 0.25) is 0 Å². The number of hydrazone groups is 2. The molecule has 0 fully saturated rings.